The smallest absolute Gasteiger partial charge is 0.274 e. The summed E-state index contributed by atoms with van der Waals surface area (Å²) in [5, 5.41) is 0. The number of aromatic nitrogens is 3. The van der Waals surface area contributed by atoms with E-state index in [-0.39, 0.29) is 17.4 Å². The number of nitrogens with zero attached hydrogens (tertiary/aromatic N) is 3. The highest BCUT2D eigenvalue weighted by Crippen LogP contribution is 2.38. The van der Waals surface area contributed by atoms with Gasteiger partial charge in [-0.15, -0.1) is 0 Å². The minimum Gasteiger partial charge on any atom is -0.381 e. The third kappa shape index (κ3) is 3.26. The van der Waals surface area contributed by atoms with Crippen LogP contribution in [0.15, 0.2) is 53.0 Å². The summed E-state index contributed by atoms with van der Waals surface area (Å²) in [5.74, 6) is 1.17. The van der Waals surface area contributed by atoms with Gasteiger partial charge in [0.05, 0.1) is 17.2 Å². The van der Waals surface area contributed by atoms with Crippen molar-refractivity contribution < 1.29 is 9.53 Å². The molecule has 1 amide bonds. The average Bonchev–Trinajstić information content (AvgIpc) is 3.51. The van der Waals surface area contributed by atoms with Gasteiger partial charge in [0.15, 0.2) is 0 Å². The molecule has 4 heterocycles. The zero-order valence-electron chi connectivity index (χ0n) is 20.3. The molecule has 36 heavy (non-hydrogen) atoms. The minimum absolute atomic E-state index is 0.0214. The third-order valence-electron chi connectivity index (χ3n) is 8.14. The Bertz CT molecular complexity index is 1640. The second-order valence-electron chi connectivity index (χ2n) is 10.3. The number of H-pyrrole nitrogens is 1. The maximum atomic E-state index is 13.7. The average molecular weight is 481 g/mol. The van der Waals surface area contributed by atoms with Crippen molar-refractivity contribution >= 4 is 28.0 Å². The molecule has 7 heteroatoms. The standard InChI is InChI=1S/C29H28N4O3/c1-17-12-25-24(31-28(34)26-15-30-27(33(25)26)18-7-10-36-11-8-18)14-23(17)29(35)32-9-6-22-20(16-32)13-19-4-2-3-5-21(19)22/h2-5,12,14-15,18H,6-11,13,16H2,1H3,(H,31,34). The molecule has 1 N–H and O–H groups in total. The van der Waals surface area contributed by atoms with Crippen molar-refractivity contribution in [2.75, 3.05) is 26.3 Å². The Morgan fingerprint density at radius 2 is 1.97 bits per heavy atom. The van der Waals surface area contributed by atoms with E-state index >= 15 is 0 Å². The molecule has 1 fully saturated rings. The van der Waals surface area contributed by atoms with Crippen LogP contribution in [0.4, 0.5) is 0 Å². The minimum atomic E-state index is -0.188. The van der Waals surface area contributed by atoms with Gasteiger partial charge in [0.1, 0.15) is 11.3 Å². The molecule has 2 aliphatic heterocycles. The number of carbonyl (C=O) groups excluding carboxylic acids is 1. The fourth-order valence-electron chi connectivity index (χ4n) is 6.28. The summed E-state index contributed by atoms with van der Waals surface area (Å²) in [6, 6.07) is 12.4. The largest absolute Gasteiger partial charge is 0.381 e. The number of carbonyl (C=O) groups is 1. The Labute approximate surface area is 208 Å². The Balaban J connectivity index is 1.26. The molecule has 2 aromatic carbocycles. The molecule has 182 valence electrons. The topological polar surface area (TPSA) is 79.7 Å². The lowest BCUT2D eigenvalue weighted by Crippen LogP contribution is -2.37. The summed E-state index contributed by atoms with van der Waals surface area (Å²) in [7, 11) is 0. The number of fused-ring (bicyclic) bond motifs is 5. The number of imidazole rings is 1. The van der Waals surface area contributed by atoms with Gasteiger partial charge in [-0.1, -0.05) is 24.3 Å². The van der Waals surface area contributed by atoms with E-state index in [9.17, 15) is 9.59 Å². The van der Waals surface area contributed by atoms with Crippen LogP contribution >= 0.6 is 0 Å². The molecule has 0 radical (unpaired) electrons. The summed E-state index contributed by atoms with van der Waals surface area (Å²) >= 11 is 0. The van der Waals surface area contributed by atoms with Crippen molar-refractivity contribution in [2.24, 2.45) is 0 Å². The van der Waals surface area contributed by atoms with Crippen LogP contribution in [0.2, 0.25) is 0 Å². The number of rotatable bonds is 2. The predicted octanol–water partition coefficient (Wildman–Crippen LogP) is 4.23. The number of aryl methyl sites for hydroxylation is 1. The van der Waals surface area contributed by atoms with Crippen LogP contribution in [-0.2, 0) is 11.2 Å². The Morgan fingerprint density at radius 1 is 1.14 bits per heavy atom. The van der Waals surface area contributed by atoms with Gasteiger partial charge in [0.25, 0.3) is 11.5 Å². The van der Waals surface area contributed by atoms with E-state index in [1.54, 1.807) is 6.20 Å². The van der Waals surface area contributed by atoms with Crippen LogP contribution in [0.3, 0.4) is 0 Å². The van der Waals surface area contributed by atoms with E-state index < -0.39 is 0 Å². The molecule has 0 unspecified atom stereocenters. The summed E-state index contributed by atoms with van der Waals surface area (Å²) in [4.78, 5) is 36.3. The highest BCUT2D eigenvalue weighted by Gasteiger charge is 2.30. The monoisotopic (exact) mass is 480 g/mol. The van der Waals surface area contributed by atoms with E-state index in [4.69, 9.17) is 4.74 Å². The number of benzene rings is 2. The van der Waals surface area contributed by atoms with Crippen LogP contribution in [0.25, 0.3) is 22.1 Å². The van der Waals surface area contributed by atoms with Crippen molar-refractivity contribution in [1.82, 2.24) is 19.3 Å². The number of ether oxygens (including phenoxy) is 1. The first-order valence-electron chi connectivity index (χ1n) is 12.8. The van der Waals surface area contributed by atoms with Crippen LogP contribution in [-0.4, -0.2) is 51.5 Å². The van der Waals surface area contributed by atoms with Gasteiger partial charge in [-0.05, 0) is 72.6 Å². The Kier molecular flexibility index (Phi) is 4.89. The molecule has 4 aromatic rings. The van der Waals surface area contributed by atoms with Gasteiger partial charge in [-0.2, -0.15) is 0 Å². The van der Waals surface area contributed by atoms with Crippen LogP contribution in [0.5, 0.6) is 0 Å². The fraction of sp³-hybridized carbons (Fsp3) is 0.345. The highest BCUT2D eigenvalue weighted by atomic mass is 16.5. The maximum absolute atomic E-state index is 13.7. The summed E-state index contributed by atoms with van der Waals surface area (Å²) in [6.45, 7) is 4.75. The van der Waals surface area contributed by atoms with E-state index in [2.05, 4.69) is 34.2 Å². The quantitative estimate of drug-likeness (QED) is 0.466. The molecule has 2 aromatic heterocycles. The second kappa shape index (κ2) is 8.17. The number of amides is 1. The first kappa shape index (κ1) is 21.6. The maximum Gasteiger partial charge on any atom is 0.274 e. The highest BCUT2D eigenvalue weighted by molar-refractivity contribution is 6.00. The zero-order chi connectivity index (χ0) is 24.4. The molecule has 7 nitrogen and oxygen atoms in total. The molecule has 1 saturated heterocycles. The van der Waals surface area contributed by atoms with E-state index in [1.807, 2.05) is 28.4 Å². The molecule has 0 atom stereocenters. The van der Waals surface area contributed by atoms with Gasteiger partial charge in [-0.25, -0.2) is 4.98 Å². The summed E-state index contributed by atoms with van der Waals surface area (Å²) < 4.78 is 7.52. The molecule has 3 aliphatic rings. The predicted molar refractivity (Wildman–Crippen MR) is 138 cm³/mol. The first-order valence-corrected chi connectivity index (χ1v) is 12.8. The van der Waals surface area contributed by atoms with E-state index in [0.29, 0.717) is 42.9 Å². The van der Waals surface area contributed by atoms with Gasteiger partial charge < -0.3 is 14.6 Å². The van der Waals surface area contributed by atoms with Gasteiger partial charge in [-0.3, -0.25) is 14.0 Å². The van der Waals surface area contributed by atoms with Gasteiger partial charge in [0.2, 0.25) is 0 Å². The number of hydrogen-bond acceptors (Lipinski definition) is 4. The van der Waals surface area contributed by atoms with E-state index in [0.717, 1.165) is 42.6 Å². The van der Waals surface area contributed by atoms with Crippen molar-refractivity contribution in [2.45, 2.75) is 38.5 Å². The summed E-state index contributed by atoms with van der Waals surface area (Å²) in [6.07, 6.45) is 5.24. The van der Waals surface area contributed by atoms with Crippen LogP contribution in [0, 0.1) is 6.92 Å². The summed E-state index contributed by atoms with van der Waals surface area (Å²) in [5.41, 5.74) is 8.92. The molecular weight excluding hydrogens is 452 g/mol. The Morgan fingerprint density at radius 3 is 2.83 bits per heavy atom. The number of aromatic amines is 1. The van der Waals surface area contributed by atoms with Gasteiger partial charge in [0, 0.05) is 37.8 Å². The lowest BCUT2D eigenvalue weighted by Gasteiger charge is -2.29. The van der Waals surface area contributed by atoms with Gasteiger partial charge >= 0.3 is 0 Å². The van der Waals surface area contributed by atoms with Crippen molar-refractivity contribution in [3.05, 3.63) is 86.6 Å². The third-order valence-corrected chi connectivity index (χ3v) is 8.14. The van der Waals surface area contributed by atoms with Crippen LogP contribution < -0.4 is 5.56 Å². The Hall–Kier alpha value is -3.71. The van der Waals surface area contributed by atoms with Crippen molar-refractivity contribution in [3.63, 3.8) is 0 Å². The van der Waals surface area contributed by atoms with Crippen molar-refractivity contribution in [3.8, 4) is 0 Å². The SMILES string of the molecule is Cc1cc2c(cc1C(=O)N1CCC3=C(Cc4ccccc43)C1)[nH]c(=O)c1cnc(C3CCOCC3)n12. The zero-order valence-corrected chi connectivity index (χ0v) is 20.3. The molecular formula is C29H28N4O3. The number of hydrogen-bond donors (Lipinski definition) is 1. The fourth-order valence-corrected chi connectivity index (χ4v) is 6.28. The van der Waals surface area contributed by atoms with Crippen molar-refractivity contribution in [1.29, 1.82) is 0 Å². The first-order chi connectivity index (χ1) is 17.6. The molecule has 7 rings (SSSR count). The molecule has 0 spiro atoms. The second-order valence-corrected chi connectivity index (χ2v) is 10.3. The van der Waals surface area contributed by atoms with E-state index in [1.165, 1.54) is 22.3 Å². The molecule has 0 saturated carbocycles. The van der Waals surface area contributed by atoms with Crippen LogP contribution in [0.1, 0.15) is 58.1 Å². The lowest BCUT2D eigenvalue weighted by atomic mass is 9.97. The molecule has 1 aliphatic carbocycles. The normalized spacial score (nSPS) is 18.2. The molecule has 0 bridgehead atoms. The lowest BCUT2D eigenvalue weighted by molar-refractivity contribution is 0.0767. The number of nitrogens with one attached hydrogen (secondary N) is 1.